The number of fused-ring (bicyclic) bond motifs is 1. The molecule has 6 heteroatoms. The molecule has 0 bridgehead atoms. The number of carbonyl (C=O) groups is 1. The molecule has 1 amide bonds. The van der Waals surface area contributed by atoms with Gasteiger partial charge in [-0.25, -0.2) is 4.98 Å². The summed E-state index contributed by atoms with van der Waals surface area (Å²) in [5, 5.41) is 3.54. The molecule has 0 saturated carbocycles. The van der Waals surface area contributed by atoms with Crippen LogP contribution in [0.15, 0.2) is 54.6 Å². The lowest BCUT2D eigenvalue weighted by Crippen LogP contribution is -2.29. The van der Waals surface area contributed by atoms with Crippen molar-refractivity contribution >= 4 is 22.4 Å². The van der Waals surface area contributed by atoms with Gasteiger partial charge in [0.2, 0.25) is 0 Å². The van der Waals surface area contributed by atoms with Crippen LogP contribution >= 0.6 is 11.3 Å². The van der Waals surface area contributed by atoms with E-state index in [1.165, 1.54) is 16.0 Å². The van der Waals surface area contributed by atoms with E-state index in [0.29, 0.717) is 10.9 Å². The van der Waals surface area contributed by atoms with E-state index < -0.39 is 0 Å². The molecule has 4 rings (SSSR count). The molecule has 1 N–H and O–H groups in total. The molecule has 150 valence electrons. The summed E-state index contributed by atoms with van der Waals surface area (Å²) in [5.74, 6) is 0.518. The van der Waals surface area contributed by atoms with E-state index in [0.717, 1.165) is 38.2 Å². The van der Waals surface area contributed by atoms with Crippen LogP contribution in [0.25, 0.3) is 0 Å². The molecule has 2 heterocycles. The summed E-state index contributed by atoms with van der Waals surface area (Å²) in [6, 6.07) is 18.3. The second kappa shape index (κ2) is 9.20. The Labute approximate surface area is 175 Å². The number of anilines is 1. The number of nitrogens with one attached hydrogen (secondary N) is 1. The molecule has 29 heavy (non-hydrogen) atoms. The number of benzene rings is 2. The van der Waals surface area contributed by atoms with Crippen LogP contribution in [0.1, 0.15) is 28.6 Å². The highest BCUT2D eigenvalue weighted by Gasteiger charge is 2.21. The minimum Gasteiger partial charge on any atom is -0.484 e. The molecule has 0 radical (unpaired) electrons. The van der Waals surface area contributed by atoms with Gasteiger partial charge in [0.15, 0.2) is 11.7 Å². The van der Waals surface area contributed by atoms with Crippen LogP contribution in [0.5, 0.6) is 5.75 Å². The Balaban J connectivity index is 1.30. The van der Waals surface area contributed by atoms with E-state index in [-0.39, 0.29) is 12.5 Å². The smallest absolute Gasteiger partial charge is 0.264 e. The number of nitrogens with zero attached hydrogens (tertiary/aromatic N) is 2. The van der Waals surface area contributed by atoms with Gasteiger partial charge in [0, 0.05) is 30.9 Å². The summed E-state index contributed by atoms with van der Waals surface area (Å²) in [7, 11) is 0. The van der Waals surface area contributed by atoms with Crippen molar-refractivity contribution in [3.8, 4) is 5.75 Å². The second-order valence-electron chi connectivity index (χ2n) is 7.17. The van der Waals surface area contributed by atoms with E-state index in [1.807, 2.05) is 30.3 Å². The highest BCUT2D eigenvalue weighted by molar-refractivity contribution is 7.15. The Morgan fingerprint density at radius 1 is 1.14 bits per heavy atom. The molecule has 0 saturated heterocycles. The zero-order chi connectivity index (χ0) is 20.1. The quantitative estimate of drug-likeness (QED) is 0.635. The normalized spacial score (nSPS) is 13.7. The van der Waals surface area contributed by atoms with E-state index in [9.17, 15) is 4.79 Å². The van der Waals surface area contributed by atoms with Crippen LogP contribution in [-0.2, 0) is 30.7 Å². The van der Waals surface area contributed by atoms with Gasteiger partial charge in [-0.05, 0) is 29.7 Å². The number of amides is 1. The molecule has 0 aliphatic carbocycles. The summed E-state index contributed by atoms with van der Waals surface area (Å²) in [5.41, 5.74) is 3.67. The summed E-state index contributed by atoms with van der Waals surface area (Å²) < 4.78 is 5.58. The van der Waals surface area contributed by atoms with Gasteiger partial charge in [-0.15, -0.1) is 11.3 Å². The molecule has 0 fully saturated rings. The number of ether oxygens (including phenoxy) is 1. The number of carbonyl (C=O) groups excluding carboxylic acids is 1. The fourth-order valence-electron chi connectivity index (χ4n) is 3.40. The topological polar surface area (TPSA) is 54.5 Å². The van der Waals surface area contributed by atoms with Crippen molar-refractivity contribution in [3.63, 3.8) is 0 Å². The minimum atomic E-state index is -0.184. The average molecular weight is 408 g/mol. The van der Waals surface area contributed by atoms with Gasteiger partial charge in [0.1, 0.15) is 5.75 Å². The minimum absolute atomic E-state index is 0.0180. The SMILES string of the molecule is CCc1ccc(OCC(=O)Nc2nc3c(s2)CN(Cc2ccccc2)CC3)cc1. The van der Waals surface area contributed by atoms with Gasteiger partial charge in [-0.1, -0.05) is 49.4 Å². The Hall–Kier alpha value is -2.70. The van der Waals surface area contributed by atoms with Gasteiger partial charge >= 0.3 is 0 Å². The zero-order valence-electron chi connectivity index (χ0n) is 16.6. The number of aryl methyl sites for hydroxylation is 1. The number of aromatic nitrogens is 1. The van der Waals surface area contributed by atoms with Gasteiger partial charge in [-0.2, -0.15) is 0 Å². The molecule has 5 nitrogen and oxygen atoms in total. The van der Waals surface area contributed by atoms with Crippen LogP contribution < -0.4 is 10.1 Å². The van der Waals surface area contributed by atoms with E-state index >= 15 is 0 Å². The van der Waals surface area contributed by atoms with Crippen molar-refractivity contribution in [2.24, 2.45) is 0 Å². The Bertz CT molecular complexity index is 954. The summed E-state index contributed by atoms with van der Waals surface area (Å²) >= 11 is 1.56. The van der Waals surface area contributed by atoms with Gasteiger partial charge < -0.3 is 4.74 Å². The average Bonchev–Trinajstić information content (AvgIpc) is 3.15. The molecule has 1 aliphatic heterocycles. The highest BCUT2D eigenvalue weighted by atomic mass is 32.1. The first-order chi connectivity index (χ1) is 14.2. The van der Waals surface area contributed by atoms with E-state index in [1.54, 1.807) is 11.3 Å². The predicted molar refractivity (Wildman–Crippen MR) is 116 cm³/mol. The Morgan fingerprint density at radius 2 is 1.93 bits per heavy atom. The van der Waals surface area contributed by atoms with Crippen molar-refractivity contribution in [1.82, 2.24) is 9.88 Å². The predicted octanol–water partition coefficient (Wildman–Crippen LogP) is 4.28. The first-order valence-electron chi connectivity index (χ1n) is 9.96. The third kappa shape index (κ3) is 5.22. The van der Waals surface area contributed by atoms with Crippen LogP contribution in [0.4, 0.5) is 5.13 Å². The van der Waals surface area contributed by atoms with Crippen LogP contribution in [0.2, 0.25) is 0 Å². The number of thiazole rings is 1. The van der Waals surface area contributed by atoms with E-state index in [4.69, 9.17) is 4.74 Å². The lowest BCUT2D eigenvalue weighted by Gasteiger charge is -2.25. The summed E-state index contributed by atoms with van der Waals surface area (Å²) in [6.45, 7) is 4.88. The van der Waals surface area contributed by atoms with Crippen molar-refractivity contribution < 1.29 is 9.53 Å². The molecule has 1 aliphatic rings. The van der Waals surface area contributed by atoms with Gasteiger partial charge in [0.25, 0.3) is 5.91 Å². The standard InChI is InChI=1S/C23H25N3O2S/c1-2-17-8-10-19(11-9-17)28-16-22(27)25-23-24-20-12-13-26(15-21(20)29-23)14-18-6-4-3-5-7-18/h3-11H,2,12-16H2,1H3,(H,24,25,27). The van der Waals surface area contributed by atoms with E-state index in [2.05, 4.69) is 46.4 Å². The van der Waals surface area contributed by atoms with Crippen LogP contribution in [-0.4, -0.2) is 28.9 Å². The molecular formula is C23H25N3O2S. The van der Waals surface area contributed by atoms with Crippen molar-refractivity contribution in [1.29, 1.82) is 0 Å². The summed E-state index contributed by atoms with van der Waals surface area (Å²) in [4.78, 5) is 20.5. The molecule has 0 atom stereocenters. The van der Waals surface area contributed by atoms with Crippen molar-refractivity contribution in [2.75, 3.05) is 18.5 Å². The molecule has 1 aromatic heterocycles. The van der Waals surface area contributed by atoms with Crippen LogP contribution in [0, 0.1) is 0 Å². The number of rotatable bonds is 7. The maximum absolute atomic E-state index is 12.2. The molecule has 0 spiro atoms. The Morgan fingerprint density at radius 3 is 2.69 bits per heavy atom. The maximum atomic E-state index is 12.2. The van der Waals surface area contributed by atoms with Gasteiger partial charge in [0.05, 0.1) is 5.69 Å². The molecule has 3 aromatic rings. The lowest BCUT2D eigenvalue weighted by atomic mass is 10.1. The first-order valence-corrected chi connectivity index (χ1v) is 10.8. The second-order valence-corrected chi connectivity index (χ2v) is 8.25. The first kappa shape index (κ1) is 19.6. The largest absolute Gasteiger partial charge is 0.484 e. The molecular weight excluding hydrogens is 382 g/mol. The number of hydrogen-bond acceptors (Lipinski definition) is 5. The number of hydrogen-bond donors (Lipinski definition) is 1. The van der Waals surface area contributed by atoms with Crippen molar-refractivity contribution in [2.45, 2.75) is 32.9 Å². The lowest BCUT2D eigenvalue weighted by molar-refractivity contribution is -0.118. The Kier molecular flexibility index (Phi) is 6.22. The third-order valence-corrected chi connectivity index (χ3v) is 6.01. The fraction of sp³-hybridized carbons (Fsp3) is 0.304. The van der Waals surface area contributed by atoms with Gasteiger partial charge in [-0.3, -0.25) is 15.0 Å². The maximum Gasteiger partial charge on any atom is 0.264 e. The van der Waals surface area contributed by atoms with Crippen molar-refractivity contribution in [3.05, 3.63) is 76.3 Å². The molecule has 2 aromatic carbocycles. The fourth-order valence-corrected chi connectivity index (χ4v) is 4.47. The van der Waals surface area contributed by atoms with Crippen LogP contribution in [0.3, 0.4) is 0 Å². The monoisotopic (exact) mass is 407 g/mol. The third-order valence-electron chi connectivity index (χ3n) is 5.01. The summed E-state index contributed by atoms with van der Waals surface area (Å²) in [6.07, 6.45) is 1.90. The zero-order valence-corrected chi connectivity index (χ0v) is 17.4. The molecule has 0 unspecified atom stereocenters. The highest BCUT2D eigenvalue weighted by Crippen LogP contribution is 2.29.